The summed E-state index contributed by atoms with van der Waals surface area (Å²) in [5.41, 5.74) is 11.3. The molecule has 0 unspecified atom stereocenters. The van der Waals surface area contributed by atoms with E-state index >= 15 is 0 Å². The molecule has 1 aromatic carbocycles. The van der Waals surface area contributed by atoms with E-state index in [1.54, 1.807) is 0 Å². The van der Waals surface area contributed by atoms with Crippen molar-refractivity contribution in [2.45, 2.75) is 39.7 Å². The van der Waals surface area contributed by atoms with Crippen LogP contribution in [0.4, 0.5) is 5.82 Å². The third-order valence-corrected chi connectivity index (χ3v) is 5.21. The van der Waals surface area contributed by atoms with Crippen LogP contribution in [-0.4, -0.2) is 32.7 Å². The SMILES string of the molecule is Cc1nc(N)c2ncn(CCCCNC(=S)NCCc3ccccc3)c2c1C. The molecule has 3 rings (SSSR count). The largest absolute Gasteiger partial charge is 0.382 e. The summed E-state index contributed by atoms with van der Waals surface area (Å²) in [4.78, 5) is 8.79. The normalized spacial score (nSPS) is 10.9. The summed E-state index contributed by atoms with van der Waals surface area (Å²) in [6.45, 7) is 6.65. The number of rotatable bonds is 8. The lowest BCUT2D eigenvalue weighted by atomic mass is 10.1. The Kier molecular flexibility index (Phi) is 6.81. The second kappa shape index (κ2) is 9.50. The van der Waals surface area contributed by atoms with Crippen molar-refractivity contribution in [2.24, 2.45) is 0 Å². The number of thiocarbonyl (C=S) groups is 1. The number of anilines is 1. The molecule has 6 nitrogen and oxygen atoms in total. The van der Waals surface area contributed by atoms with Crippen molar-refractivity contribution in [3.8, 4) is 0 Å². The number of nitrogens with one attached hydrogen (secondary N) is 2. The van der Waals surface area contributed by atoms with E-state index < -0.39 is 0 Å². The molecule has 28 heavy (non-hydrogen) atoms. The second-order valence-corrected chi connectivity index (χ2v) is 7.38. The highest BCUT2D eigenvalue weighted by atomic mass is 32.1. The van der Waals surface area contributed by atoms with E-state index in [2.05, 4.69) is 56.4 Å². The predicted molar refractivity (Wildman–Crippen MR) is 119 cm³/mol. The van der Waals surface area contributed by atoms with Crippen LogP contribution in [0.1, 0.15) is 29.7 Å². The Bertz CT molecular complexity index is 935. The summed E-state index contributed by atoms with van der Waals surface area (Å²) in [7, 11) is 0. The molecule has 7 heteroatoms. The molecule has 0 spiro atoms. The van der Waals surface area contributed by atoms with E-state index in [0.717, 1.165) is 61.2 Å². The molecule has 2 heterocycles. The molecular weight excluding hydrogens is 368 g/mol. The fourth-order valence-corrected chi connectivity index (χ4v) is 3.46. The summed E-state index contributed by atoms with van der Waals surface area (Å²) in [5.74, 6) is 0.505. The van der Waals surface area contributed by atoms with Gasteiger partial charge in [0.05, 0.1) is 11.8 Å². The minimum atomic E-state index is 0.505. The van der Waals surface area contributed by atoms with Gasteiger partial charge in [-0.05, 0) is 56.5 Å². The molecule has 0 atom stereocenters. The first-order valence-corrected chi connectivity index (χ1v) is 10.1. The van der Waals surface area contributed by atoms with Crippen molar-refractivity contribution in [1.82, 2.24) is 25.2 Å². The number of aryl methyl sites for hydroxylation is 3. The average Bonchev–Trinajstić information content (AvgIpc) is 3.11. The Hall–Kier alpha value is -2.67. The molecule has 0 radical (unpaired) electrons. The first-order valence-electron chi connectivity index (χ1n) is 9.69. The highest BCUT2D eigenvalue weighted by Crippen LogP contribution is 2.23. The monoisotopic (exact) mass is 396 g/mol. The van der Waals surface area contributed by atoms with E-state index in [9.17, 15) is 0 Å². The Balaban J connectivity index is 1.38. The van der Waals surface area contributed by atoms with Crippen LogP contribution >= 0.6 is 12.2 Å². The molecule has 4 N–H and O–H groups in total. The number of unbranched alkanes of at least 4 members (excludes halogenated alkanes) is 1. The number of pyridine rings is 1. The van der Waals surface area contributed by atoms with Crippen molar-refractivity contribution in [2.75, 3.05) is 18.8 Å². The molecule has 0 saturated heterocycles. The summed E-state index contributed by atoms with van der Waals surface area (Å²) < 4.78 is 2.17. The standard InChI is InChI=1S/C21H28N6S/c1-15-16(2)26-20(22)18-19(15)27(14-25-18)13-7-6-11-23-21(28)24-12-10-17-8-4-3-5-9-17/h3-5,8-9,14H,6-7,10-13H2,1-2H3,(H2,22,26)(H2,23,24,28). The second-order valence-electron chi connectivity index (χ2n) is 6.97. The highest BCUT2D eigenvalue weighted by Gasteiger charge is 2.12. The Morgan fingerprint density at radius 2 is 1.86 bits per heavy atom. The fraction of sp³-hybridized carbons (Fsp3) is 0.381. The lowest BCUT2D eigenvalue weighted by molar-refractivity contribution is 0.610. The van der Waals surface area contributed by atoms with Gasteiger partial charge in [0.1, 0.15) is 5.52 Å². The topological polar surface area (TPSA) is 80.8 Å². The zero-order chi connectivity index (χ0) is 19.9. The van der Waals surface area contributed by atoms with Gasteiger partial charge in [0.2, 0.25) is 0 Å². The van der Waals surface area contributed by atoms with Crippen LogP contribution in [-0.2, 0) is 13.0 Å². The number of hydrogen-bond donors (Lipinski definition) is 3. The lowest BCUT2D eigenvalue weighted by Gasteiger charge is -2.11. The van der Waals surface area contributed by atoms with Crippen molar-refractivity contribution in [3.63, 3.8) is 0 Å². The van der Waals surface area contributed by atoms with Gasteiger partial charge in [-0.15, -0.1) is 0 Å². The van der Waals surface area contributed by atoms with Crippen molar-refractivity contribution in [1.29, 1.82) is 0 Å². The van der Waals surface area contributed by atoms with E-state index in [-0.39, 0.29) is 0 Å². The quantitative estimate of drug-likeness (QED) is 0.401. The number of benzene rings is 1. The first-order chi connectivity index (χ1) is 13.6. The molecule has 0 aliphatic heterocycles. The molecule has 0 aliphatic rings. The first kappa shape index (κ1) is 20.1. The van der Waals surface area contributed by atoms with E-state index in [4.69, 9.17) is 18.0 Å². The molecule has 0 bridgehead atoms. The molecule has 2 aromatic heterocycles. The minimum Gasteiger partial charge on any atom is -0.382 e. The number of aromatic nitrogens is 3. The van der Waals surface area contributed by atoms with Crippen LogP contribution in [0.25, 0.3) is 11.0 Å². The van der Waals surface area contributed by atoms with Gasteiger partial charge in [0.25, 0.3) is 0 Å². The Labute approximate surface area is 171 Å². The van der Waals surface area contributed by atoms with Crippen molar-refractivity contribution >= 4 is 34.2 Å². The Morgan fingerprint density at radius 3 is 2.64 bits per heavy atom. The van der Waals surface area contributed by atoms with Gasteiger partial charge in [0.15, 0.2) is 10.9 Å². The number of hydrogen-bond acceptors (Lipinski definition) is 4. The number of fused-ring (bicyclic) bond motifs is 1. The molecule has 0 saturated carbocycles. The van der Waals surface area contributed by atoms with Crippen LogP contribution in [0.3, 0.4) is 0 Å². The Morgan fingerprint density at radius 1 is 1.11 bits per heavy atom. The smallest absolute Gasteiger partial charge is 0.166 e. The number of nitrogens with two attached hydrogens (primary N) is 1. The summed E-state index contributed by atoms with van der Waals surface area (Å²) in [6.07, 6.45) is 4.88. The molecule has 0 fully saturated rings. The van der Waals surface area contributed by atoms with Crippen LogP contribution in [0.5, 0.6) is 0 Å². The van der Waals surface area contributed by atoms with E-state index in [0.29, 0.717) is 10.9 Å². The number of nitrogens with zero attached hydrogens (tertiary/aromatic N) is 3. The zero-order valence-electron chi connectivity index (χ0n) is 16.5. The fourth-order valence-electron chi connectivity index (χ4n) is 3.26. The highest BCUT2D eigenvalue weighted by molar-refractivity contribution is 7.80. The maximum atomic E-state index is 6.01. The average molecular weight is 397 g/mol. The molecule has 148 valence electrons. The van der Waals surface area contributed by atoms with Gasteiger partial charge in [0, 0.05) is 25.3 Å². The maximum absolute atomic E-state index is 6.01. The van der Waals surface area contributed by atoms with Gasteiger partial charge >= 0.3 is 0 Å². The van der Waals surface area contributed by atoms with Gasteiger partial charge in [-0.2, -0.15) is 0 Å². The molecular formula is C21H28N6S. The number of nitrogen functional groups attached to an aromatic ring is 1. The van der Waals surface area contributed by atoms with Crippen molar-refractivity contribution in [3.05, 3.63) is 53.5 Å². The third kappa shape index (κ3) is 4.98. The van der Waals surface area contributed by atoms with Gasteiger partial charge in [-0.1, -0.05) is 30.3 Å². The third-order valence-electron chi connectivity index (χ3n) is 4.92. The van der Waals surface area contributed by atoms with Crippen molar-refractivity contribution < 1.29 is 0 Å². The molecule has 0 amide bonds. The molecule has 3 aromatic rings. The number of imidazole rings is 1. The van der Waals surface area contributed by atoms with Gasteiger partial charge in [-0.25, -0.2) is 9.97 Å². The lowest BCUT2D eigenvalue weighted by Crippen LogP contribution is -2.36. The van der Waals surface area contributed by atoms with Gasteiger partial charge in [-0.3, -0.25) is 0 Å². The van der Waals surface area contributed by atoms with E-state index in [1.807, 2.05) is 19.3 Å². The van der Waals surface area contributed by atoms with Crippen LogP contribution < -0.4 is 16.4 Å². The summed E-state index contributed by atoms with van der Waals surface area (Å²) in [5, 5.41) is 7.26. The van der Waals surface area contributed by atoms with E-state index in [1.165, 1.54) is 5.56 Å². The maximum Gasteiger partial charge on any atom is 0.166 e. The zero-order valence-corrected chi connectivity index (χ0v) is 17.4. The summed E-state index contributed by atoms with van der Waals surface area (Å²) >= 11 is 5.35. The van der Waals surface area contributed by atoms with Crippen LogP contribution in [0.15, 0.2) is 36.7 Å². The minimum absolute atomic E-state index is 0.505. The predicted octanol–water partition coefficient (Wildman–Crippen LogP) is 3.12. The van der Waals surface area contributed by atoms with Gasteiger partial charge < -0.3 is 20.9 Å². The van der Waals surface area contributed by atoms with Crippen LogP contribution in [0.2, 0.25) is 0 Å². The summed E-state index contributed by atoms with van der Waals surface area (Å²) in [6, 6.07) is 10.4. The molecule has 0 aliphatic carbocycles. The van der Waals surface area contributed by atoms with Crippen LogP contribution in [0, 0.1) is 13.8 Å².